The molecule has 0 heterocycles. The molecule has 0 unspecified atom stereocenters. The second-order valence-electron chi connectivity index (χ2n) is 3.64. The predicted octanol–water partition coefficient (Wildman–Crippen LogP) is 3.36. The minimum absolute atomic E-state index is 0.225. The lowest BCUT2D eigenvalue weighted by atomic mass is 10.1. The summed E-state index contributed by atoms with van der Waals surface area (Å²) < 4.78 is 4.80. The Bertz CT molecular complexity index is 264. The van der Waals surface area contributed by atoms with Gasteiger partial charge in [0, 0.05) is 5.57 Å². The molecule has 0 aromatic rings. The molecule has 90 valence electrons. The molecule has 0 aliphatic rings. The average molecular weight is 223 g/mol. The fourth-order valence-electron chi connectivity index (χ4n) is 1.34. The summed E-state index contributed by atoms with van der Waals surface area (Å²) in [5.41, 5.74) is 0.698. The van der Waals surface area contributed by atoms with E-state index in [1.807, 2.05) is 6.08 Å². The zero-order chi connectivity index (χ0) is 12.2. The van der Waals surface area contributed by atoms with Crippen molar-refractivity contribution in [2.75, 3.05) is 6.61 Å². The number of rotatable bonds is 8. The van der Waals surface area contributed by atoms with E-state index in [1.54, 1.807) is 6.92 Å². The topological polar surface area (TPSA) is 50.1 Å². The van der Waals surface area contributed by atoms with Crippen LogP contribution in [0.1, 0.15) is 52.4 Å². The van der Waals surface area contributed by atoms with Gasteiger partial charge in [-0.1, -0.05) is 25.8 Å². The molecule has 0 fully saturated rings. The standard InChI is InChI=1S/C13H21NO2/c1-3-5-6-7-8-12(11-14)9-10-13(15)16-4-2/h8H,3-7,9-10H2,1-2H3/b12-8-. The molecular formula is C13H21NO2. The highest BCUT2D eigenvalue weighted by atomic mass is 16.5. The normalized spacial score (nSPS) is 10.9. The SMILES string of the molecule is CCCCC/C=C(\C#N)CCC(=O)OCC. The molecule has 3 nitrogen and oxygen atoms in total. The molecule has 0 radical (unpaired) electrons. The van der Waals surface area contributed by atoms with Crippen LogP contribution in [0.4, 0.5) is 0 Å². The first kappa shape index (κ1) is 14.7. The summed E-state index contributed by atoms with van der Waals surface area (Å²) >= 11 is 0. The number of carbonyl (C=O) groups excluding carboxylic acids is 1. The number of allylic oxidation sites excluding steroid dienone is 2. The van der Waals surface area contributed by atoms with Crippen LogP contribution >= 0.6 is 0 Å². The Balaban J connectivity index is 3.82. The molecule has 0 spiro atoms. The third-order valence-electron chi connectivity index (χ3n) is 2.25. The minimum atomic E-state index is -0.225. The van der Waals surface area contributed by atoms with E-state index in [-0.39, 0.29) is 5.97 Å². The molecule has 0 bridgehead atoms. The minimum Gasteiger partial charge on any atom is -0.466 e. The summed E-state index contributed by atoms with van der Waals surface area (Å²) in [6, 6.07) is 2.13. The second kappa shape index (κ2) is 10.2. The molecule has 0 amide bonds. The highest BCUT2D eigenvalue weighted by molar-refractivity contribution is 5.69. The van der Waals surface area contributed by atoms with Crippen LogP contribution in [0.3, 0.4) is 0 Å². The van der Waals surface area contributed by atoms with Gasteiger partial charge >= 0.3 is 5.97 Å². The maximum atomic E-state index is 11.1. The lowest BCUT2D eigenvalue weighted by Gasteiger charge is -2.00. The maximum absolute atomic E-state index is 11.1. The smallest absolute Gasteiger partial charge is 0.306 e. The van der Waals surface area contributed by atoms with Gasteiger partial charge in [-0.2, -0.15) is 5.26 Å². The number of nitrogens with zero attached hydrogens (tertiary/aromatic N) is 1. The van der Waals surface area contributed by atoms with Crippen molar-refractivity contribution in [3.63, 3.8) is 0 Å². The zero-order valence-electron chi connectivity index (χ0n) is 10.3. The molecule has 0 rings (SSSR count). The maximum Gasteiger partial charge on any atom is 0.306 e. The van der Waals surface area contributed by atoms with E-state index in [1.165, 1.54) is 12.8 Å². The van der Waals surface area contributed by atoms with Crippen molar-refractivity contribution in [3.8, 4) is 6.07 Å². The summed E-state index contributed by atoms with van der Waals surface area (Å²) in [5.74, 6) is -0.225. The van der Waals surface area contributed by atoms with Crippen molar-refractivity contribution in [1.82, 2.24) is 0 Å². The van der Waals surface area contributed by atoms with Crippen LogP contribution in [0, 0.1) is 11.3 Å². The Kier molecular flexibility index (Phi) is 9.39. The van der Waals surface area contributed by atoms with E-state index >= 15 is 0 Å². The van der Waals surface area contributed by atoms with Crippen LogP contribution in [0.5, 0.6) is 0 Å². The van der Waals surface area contributed by atoms with Gasteiger partial charge < -0.3 is 4.74 Å². The molecule has 0 aliphatic carbocycles. The number of hydrogen-bond donors (Lipinski definition) is 0. The Morgan fingerprint density at radius 2 is 2.06 bits per heavy atom. The van der Waals surface area contributed by atoms with Crippen LogP contribution in [0.15, 0.2) is 11.6 Å². The second-order valence-corrected chi connectivity index (χ2v) is 3.64. The van der Waals surface area contributed by atoms with Gasteiger partial charge in [0.2, 0.25) is 0 Å². The van der Waals surface area contributed by atoms with Crippen molar-refractivity contribution in [2.45, 2.75) is 52.4 Å². The summed E-state index contributed by atoms with van der Waals surface area (Å²) in [4.78, 5) is 11.1. The average Bonchev–Trinajstić information content (AvgIpc) is 2.28. The van der Waals surface area contributed by atoms with E-state index in [2.05, 4.69) is 13.0 Å². The number of ether oxygens (including phenoxy) is 1. The van der Waals surface area contributed by atoms with Crippen molar-refractivity contribution in [3.05, 3.63) is 11.6 Å². The van der Waals surface area contributed by atoms with Gasteiger partial charge in [-0.05, 0) is 26.2 Å². The van der Waals surface area contributed by atoms with E-state index in [0.29, 0.717) is 25.0 Å². The van der Waals surface area contributed by atoms with E-state index in [0.717, 1.165) is 12.8 Å². The molecule has 0 saturated carbocycles. The number of carbonyl (C=O) groups is 1. The van der Waals surface area contributed by atoms with Crippen LogP contribution in [0.25, 0.3) is 0 Å². The highest BCUT2D eigenvalue weighted by Gasteiger charge is 2.03. The van der Waals surface area contributed by atoms with Gasteiger partial charge in [-0.15, -0.1) is 0 Å². The first-order valence-corrected chi connectivity index (χ1v) is 5.99. The monoisotopic (exact) mass is 223 g/mol. The van der Waals surface area contributed by atoms with Crippen molar-refractivity contribution in [2.24, 2.45) is 0 Å². The van der Waals surface area contributed by atoms with Crippen LogP contribution in [-0.4, -0.2) is 12.6 Å². The third-order valence-corrected chi connectivity index (χ3v) is 2.25. The molecule has 0 saturated heterocycles. The fraction of sp³-hybridized carbons (Fsp3) is 0.692. The zero-order valence-corrected chi connectivity index (χ0v) is 10.3. The Morgan fingerprint density at radius 3 is 2.62 bits per heavy atom. The Hall–Kier alpha value is -1.30. The number of esters is 1. The Morgan fingerprint density at radius 1 is 1.31 bits per heavy atom. The van der Waals surface area contributed by atoms with Gasteiger partial charge in [-0.25, -0.2) is 0 Å². The molecule has 0 aliphatic heterocycles. The summed E-state index contributed by atoms with van der Waals surface area (Å²) in [7, 11) is 0. The summed E-state index contributed by atoms with van der Waals surface area (Å²) in [5, 5.41) is 8.85. The van der Waals surface area contributed by atoms with E-state index < -0.39 is 0 Å². The number of nitriles is 1. The van der Waals surface area contributed by atoms with Crippen molar-refractivity contribution in [1.29, 1.82) is 5.26 Å². The summed E-state index contributed by atoms with van der Waals surface area (Å²) in [6.45, 7) is 4.33. The molecule has 0 atom stereocenters. The van der Waals surface area contributed by atoms with Gasteiger partial charge in [0.05, 0.1) is 19.1 Å². The van der Waals surface area contributed by atoms with Gasteiger partial charge in [0.1, 0.15) is 0 Å². The fourth-order valence-corrected chi connectivity index (χ4v) is 1.34. The number of hydrogen-bond acceptors (Lipinski definition) is 3. The van der Waals surface area contributed by atoms with Crippen LogP contribution in [-0.2, 0) is 9.53 Å². The van der Waals surface area contributed by atoms with Gasteiger partial charge in [0.25, 0.3) is 0 Å². The van der Waals surface area contributed by atoms with Crippen LogP contribution < -0.4 is 0 Å². The van der Waals surface area contributed by atoms with Gasteiger partial charge in [0.15, 0.2) is 0 Å². The molecular weight excluding hydrogens is 202 g/mol. The molecule has 0 aromatic heterocycles. The Labute approximate surface area is 98.1 Å². The van der Waals surface area contributed by atoms with Gasteiger partial charge in [-0.3, -0.25) is 4.79 Å². The molecule has 16 heavy (non-hydrogen) atoms. The first-order chi connectivity index (χ1) is 7.74. The van der Waals surface area contributed by atoms with E-state index in [9.17, 15) is 4.79 Å². The largest absolute Gasteiger partial charge is 0.466 e. The quantitative estimate of drug-likeness (QED) is 0.360. The van der Waals surface area contributed by atoms with Crippen molar-refractivity contribution < 1.29 is 9.53 Å². The van der Waals surface area contributed by atoms with Crippen LogP contribution in [0.2, 0.25) is 0 Å². The highest BCUT2D eigenvalue weighted by Crippen LogP contribution is 2.09. The number of unbranched alkanes of at least 4 members (excludes halogenated alkanes) is 3. The van der Waals surface area contributed by atoms with Crippen molar-refractivity contribution >= 4 is 5.97 Å². The molecule has 0 N–H and O–H groups in total. The van der Waals surface area contributed by atoms with E-state index in [4.69, 9.17) is 10.00 Å². The first-order valence-electron chi connectivity index (χ1n) is 5.99. The summed E-state index contributed by atoms with van der Waals surface area (Å²) in [6.07, 6.45) is 7.16. The third kappa shape index (κ3) is 8.05. The lowest BCUT2D eigenvalue weighted by Crippen LogP contribution is -2.03. The molecule has 3 heteroatoms. The lowest BCUT2D eigenvalue weighted by molar-refractivity contribution is -0.143. The predicted molar refractivity (Wildman–Crippen MR) is 63.7 cm³/mol. The molecule has 0 aromatic carbocycles.